The van der Waals surface area contributed by atoms with Gasteiger partial charge in [-0.25, -0.2) is 0 Å². The van der Waals surface area contributed by atoms with Crippen LogP contribution in [0.1, 0.15) is 25.0 Å². The maximum absolute atomic E-state index is 6.91. The smallest absolute Gasteiger partial charge is 0.143 e. The van der Waals surface area contributed by atoms with Gasteiger partial charge in [0.15, 0.2) is 0 Å². The lowest BCUT2D eigenvalue weighted by molar-refractivity contribution is 0.660. The minimum absolute atomic E-state index is 0.138. The Labute approximate surface area is 363 Å². The first-order valence-corrected chi connectivity index (χ1v) is 21.9. The topological polar surface area (TPSA) is 26.3 Å². The molecule has 2 aromatic heterocycles. The van der Waals surface area contributed by atoms with Crippen LogP contribution in [0, 0.1) is 0 Å². The largest absolute Gasteiger partial charge is 0.455 e. The van der Waals surface area contributed by atoms with E-state index in [1.54, 1.807) is 0 Å². The zero-order valence-corrected chi connectivity index (χ0v) is 34.8. The van der Waals surface area contributed by atoms with Crippen LogP contribution in [0.5, 0.6) is 0 Å². The average molecular weight is 803 g/mol. The fourth-order valence-corrected chi connectivity index (χ4v) is 11.5. The molecule has 0 spiro atoms. The molecular formula is C61H38O2. The van der Waals surface area contributed by atoms with Crippen molar-refractivity contribution in [1.82, 2.24) is 0 Å². The average Bonchev–Trinajstić information content (AvgIpc) is 3.99. The molecule has 0 amide bonds. The van der Waals surface area contributed by atoms with Gasteiger partial charge in [-0.05, 0) is 106 Å². The Morgan fingerprint density at radius 2 is 0.730 bits per heavy atom. The molecule has 294 valence electrons. The summed E-state index contributed by atoms with van der Waals surface area (Å²) in [5.74, 6) is 0. The van der Waals surface area contributed by atoms with E-state index in [0.717, 1.165) is 66.1 Å². The minimum atomic E-state index is -0.138. The summed E-state index contributed by atoms with van der Waals surface area (Å²) >= 11 is 0. The van der Waals surface area contributed by atoms with Crippen LogP contribution in [0.15, 0.2) is 203 Å². The highest BCUT2D eigenvalue weighted by Crippen LogP contribution is 2.55. The summed E-state index contributed by atoms with van der Waals surface area (Å²) in [6, 6.07) is 71.1. The van der Waals surface area contributed by atoms with E-state index in [4.69, 9.17) is 8.83 Å². The molecule has 0 N–H and O–H groups in total. The molecule has 0 unspecified atom stereocenters. The molecule has 13 aromatic rings. The van der Waals surface area contributed by atoms with Gasteiger partial charge in [-0.1, -0.05) is 190 Å². The first-order chi connectivity index (χ1) is 31.0. The number of benzene rings is 11. The summed E-state index contributed by atoms with van der Waals surface area (Å²) in [7, 11) is 0. The van der Waals surface area contributed by atoms with Crippen LogP contribution in [0.2, 0.25) is 0 Å². The van der Waals surface area contributed by atoms with Gasteiger partial charge in [0.25, 0.3) is 0 Å². The molecule has 2 heteroatoms. The van der Waals surface area contributed by atoms with Crippen molar-refractivity contribution >= 4 is 87.0 Å². The third-order valence-electron chi connectivity index (χ3n) is 14.3. The maximum Gasteiger partial charge on any atom is 0.143 e. The second-order valence-corrected chi connectivity index (χ2v) is 17.8. The Morgan fingerprint density at radius 1 is 0.302 bits per heavy atom. The van der Waals surface area contributed by atoms with Crippen LogP contribution in [0.4, 0.5) is 0 Å². The zero-order valence-electron chi connectivity index (χ0n) is 34.8. The number of fused-ring (bicyclic) bond motifs is 15. The van der Waals surface area contributed by atoms with Crippen LogP contribution in [0.3, 0.4) is 0 Å². The monoisotopic (exact) mass is 802 g/mol. The van der Waals surface area contributed by atoms with Gasteiger partial charge in [-0.2, -0.15) is 0 Å². The summed E-state index contributed by atoms with van der Waals surface area (Å²) < 4.78 is 13.8. The molecular weight excluding hydrogens is 765 g/mol. The van der Waals surface area contributed by atoms with Gasteiger partial charge in [0.1, 0.15) is 22.3 Å². The number of hydrogen-bond acceptors (Lipinski definition) is 2. The molecule has 2 heterocycles. The van der Waals surface area contributed by atoms with E-state index < -0.39 is 0 Å². The minimum Gasteiger partial charge on any atom is -0.455 e. The van der Waals surface area contributed by atoms with Gasteiger partial charge < -0.3 is 8.83 Å². The summed E-state index contributed by atoms with van der Waals surface area (Å²) in [5.41, 5.74) is 15.8. The van der Waals surface area contributed by atoms with Gasteiger partial charge in [0, 0.05) is 38.1 Å². The molecule has 1 aliphatic rings. The summed E-state index contributed by atoms with van der Waals surface area (Å²) in [6.07, 6.45) is 0. The molecule has 0 atom stereocenters. The van der Waals surface area contributed by atoms with Crippen molar-refractivity contribution in [3.63, 3.8) is 0 Å². The summed E-state index contributed by atoms with van der Waals surface area (Å²) in [5, 5.41) is 14.2. The van der Waals surface area contributed by atoms with E-state index in [-0.39, 0.29) is 5.41 Å². The lowest BCUT2D eigenvalue weighted by Gasteiger charge is -2.22. The Balaban J connectivity index is 1.12. The molecule has 1 aliphatic carbocycles. The number of rotatable bonds is 3. The second-order valence-electron chi connectivity index (χ2n) is 17.8. The highest BCUT2D eigenvalue weighted by Gasteiger charge is 2.37. The molecule has 14 rings (SSSR count). The predicted octanol–water partition coefficient (Wildman–Crippen LogP) is 17.4. The van der Waals surface area contributed by atoms with Crippen LogP contribution < -0.4 is 0 Å². The van der Waals surface area contributed by atoms with Gasteiger partial charge in [0.05, 0.1) is 0 Å². The number of para-hydroxylation sites is 2. The molecule has 0 radical (unpaired) electrons. The Bertz CT molecular complexity index is 3910. The van der Waals surface area contributed by atoms with E-state index in [1.807, 2.05) is 0 Å². The molecule has 0 fully saturated rings. The van der Waals surface area contributed by atoms with Gasteiger partial charge >= 0.3 is 0 Å². The first-order valence-electron chi connectivity index (χ1n) is 21.9. The van der Waals surface area contributed by atoms with Gasteiger partial charge in [0.2, 0.25) is 0 Å². The van der Waals surface area contributed by atoms with E-state index in [1.165, 1.54) is 76.5 Å². The Morgan fingerprint density at radius 3 is 1.32 bits per heavy atom. The second kappa shape index (κ2) is 12.6. The van der Waals surface area contributed by atoms with E-state index >= 15 is 0 Å². The fourth-order valence-electron chi connectivity index (χ4n) is 11.5. The molecule has 0 saturated heterocycles. The molecule has 2 nitrogen and oxygen atoms in total. The third kappa shape index (κ3) is 4.67. The van der Waals surface area contributed by atoms with Crippen LogP contribution in [-0.2, 0) is 5.41 Å². The van der Waals surface area contributed by atoms with Crippen LogP contribution in [-0.4, -0.2) is 0 Å². The van der Waals surface area contributed by atoms with E-state index in [2.05, 4.69) is 208 Å². The molecule has 0 bridgehead atoms. The van der Waals surface area contributed by atoms with Crippen molar-refractivity contribution < 1.29 is 8.83 Å². The van der Waals surface area contributed by atoms with Crippen molar-refractivity contribution in [2.45, 2.75) is 19.3 Å². The van der Waals surface area contributed by atoms with Crippen LogP contribution >= 0.6 is 0 Å². The van der Waals surface area contributed by atoms with Crippen molar-refractivity contribution in [3.05, 3.63) is 205 Å². The summed E-state index contributed by atoms with van der Waals surface area (Å²) in [4.78, 5) is 0. The fraction of sp³-hybridized carbons (Fsp3) is 0.0492. The molecule has 0 saturated carbocycles. The maximum atomic E-state index is 6.91. The lowest BCUT2D eigenvalue weighted by atomic mass is 9.81. The van der Waals surface area contributed by atoms with Crippen molar-refractivity contribution in [2.75, 3.05) is 0 Å². The predicted molar refractivity (Wildman–Crippen MR) is 265 cm³/mol. The summed E-state index contributed by atoms with van der Waals surface area (Å²) in [6.45, 7) is 4.74. The zero-order chi connectivity index (χ0) is 41.6. The first kappa shape index (κ1) is 34.7. The lowest BCUT2D eigenvalue weighted by Crippen LogP contribution is -2.14. The Hall–Kier alpha value is -7.94. The third-order valence-corrected chi connectivity index (χ3v) is 14.3. The number of furan rings is 2. The normalized spacial score (nSPS) is 13.4. The quantitative estimate of drug-likeness (QED) is 0.166. The van der Waals surface area contributed by atoms with Crippen molar-refractivity contribution in [1.29, 1.82) is 0 Å². The highest BCUT2D eigenvalue weighted by molar-refractivity contribution is 6.26. The van der Waals surface area contributed by atoms with Crippen molar-refractivity contribution in [3.8, 4) is 44.5 Å². The van der Waals surface area contributed by atoms with Gasteiger partial charge in [-0.15, -0.1) is 0 Å². The van der Waals surface area contributed by atoms with Gasteiger partial charge in [-0.3, -0.25) is 0 Å². The standard InChI is InChI=1S/C61H38O2/c1-61(2)51-28-8-7-18-45(51)56-46(25-13-29-52(56)61)55-41-21-9-19-39(43-23-11-26-47-57-37-16-5-3-14-35(37)30-32-53(57)62-59(43)47)49(41)34-50-40(20-10-22-42(50)55)44-24-12-27-48-58-38-17-6-4-15-36(38)31-33-54(58)63-60(44)48/h3-34H,1-2H3. The van der Waals surface area contributed by atoms with Crippen molar-refractivity contribution in [2.24, 2.45) is 0 Å². The van der Waals surface area contributed by atoms with E-state index in [9.17, 15) is 0 Å². The molecule has 0 aliphatic heterocycles. The molecule has 63 heavy (non-hydrogen) atoms. The highest BCUT2D eigenvalue weighted by atomic mass is 16.3. The molecule has 11 aromatic carbocycles. The Kier molecular flexibility index (Phi) is 6.93. The number of hydrogen-bond donors (Lipinski definition) is 0. The SMILES string of the molecule is CC1(C)c2ccccc2-c2c(-c3c4cccc(-c5cccc6c5oc5ccc7ccccc7c56)c4cc4c(-c5cccc6c5oc5ccc7ccccc7c56)cccc34)cccc21. The van der Waals surface area contributed by atoms with Crippen LogP contribution in [0.25, 0.3) is 131 Å². The van der Waals surface area contributed by atoms with E-state index in [0.29, 0.717) is 0 Å².